The maximum absolute atomic E-state index is 12.7. The van der Waals surface area contributed by atoms with Gasteiger partial charge in [0.15, 0.2) is 0 Å². The number of hydrogen-bond donors (Lipinski definition) is 2. The Kier molecular flexibility index (Phi) is 5.22. The van der Waals surface area contributed by atoms with E-state index >= 15 is 0 Å². The fourth-order valence-electron chi connectivity index (χ4n) is 3.68. The molecule has 8 nitrogen and oxygen atoms in total. The summed E-state index contributed by atoms with van der Waals surface area (Å²) >= 11 is 0. The molecule has 2 aromatic carbocycles. The van der Waals surface area contributed by atoms with Crippen LogP contribution in [0.1, 0.15) is 34.3 Å². The molecule has 0 aliphatic carbocycles. The second-order valence-corrected chi connectivity index (χ2v) is 7.18. The Morgan fingerprint density at radius 1 is 1.17 bits per heavy atom. The third kappa shape index (κ3) is 3.89. The molecule has 0 aromatic heterocycles. The van der Waals surface area contributed by atoms with Gasteiger partial charge in [0.2, 0.25) is 17.7 Å². The van der Waals surface area contributed by atoms with Gasteiger partial charge in [0.25, 0.3) is 5.91 Å². The van der Waals surface area contributed by atoms with E-state index in [4.69, 9.17) is 4.74 Å². The Morgan fingerprint density at radius 3 is 2.63 bits per heavy atom. The van der Waals surface area contributed by atoms with Crippen LogP contribution in [-0.4, -0.2) is 41.7 Å². The van der Waals surface area contributed by atoms with Gasteiger partial charge >= 0.3 is 0 Å². The van der Waals surface area contributed by atoms with Crippen molar-refractivity contribution in [3.05, 3.63) is 65.6 Å². The fraction of sp³-hybridized carbons (Fsp3) is 0.227. The van der Waals surface area contributed by atoms with Crippen LogP contribution >= 0.6 is 0 Å². The lowest BCUT2D eigenvalue weighted by molar-refractivity contribution is -0.136. The minimum atomic E-state index is -0.663. The van der Waals surface area contributed by atoms with Gasteiger partial charge in [-0.25, -0.2) is 0 Å². The molecule has 8 heteroatoms. The van der Waals surface area contributed by atoms with Gasteiger partial charge in [-0.2, -0.15) is 0 Å². The van der Waals surface area contributed by atoms with Gasteiger partial charge < -0.3 is 15.0 Å². The van der Waals surface area contributed by atoms with Crippen molar-refractivity contribution in [2.45, 2.75) is 25.4 Å². The number of nitrogens with zero attached hydrogens (tertiary/aromatic N) is 1. The highest BCUT2D eigenvalue weighted by Crippen LogP contribution is 2.29. The predicted molar refractivity (Wildman–Crippen MR) is 108 cm³/mol. The average Bonchev–Trinajstić information content (AvgIpc) is 3.04. The SMILES string of the molecule is COc1ccc([CH]C(=O)Nc2ccc3c(c2)CN(C2CCC(=O)NC2=O)C3=O)cc1. The normalized spacial score (nSPS) is 18.1. The van der Waals surface area contributed by atoms with Crippen LogP contribution in [0.25, 0.3) is 0 Å². The highest BCUT2D eigenvalue weighted by Gasteiger charge is 2.39. The largest absolute Gasteiger partial charge is 0.497 e. The van der Waals surface area contributed by atoms with Crippen LogP contribution in [0.3, 0.4) is 0 Å². The first-order chi connectivity index (χ1) is 14.4. The monoisotopic (exact) mass is 406 g/mol. The van der Waals surface area contributed by atoms with Gasteiger partial charge in [-0.3, -0.25) is 24.5 Å². The number of hydrogen-bond acceptors (Lipinski definition) is 5. The van der Waals surface area contributed by atoms with E-state index in [9.17, 15) is 19.2 Å². The number of methoxy groups -OCH3 is 1. The maximum Gasteiger partial charge on any atom is 0.255 e. The molecule has 30 heavy (non-hydrogen) atoms. The first-order valence-corrected chi connectivity index (χ1v) is 9.52. The zero-order valence-corrected chi connectivity index (χ0v) is 16.3. The quantitative estimate of drug-likeness (QED) is 0.735. The van der Waals surface area contributed by atoms with E-state index in [1.165, 1.54) is 11.3 Å². The molecule has 1 unspecified atom stereocenters. The Labute approximate surface area is 173 Å². The summed E-state index contributed by atoms with van der Waals surface area (Å²) in [5.41, 5.74) is 2.51. The highest BCUT2D eigenvalue weighted by molar-refractivity contribution is 6.06. The third-order valence-electron chi connectivity index (χ3n) is 5.20. The summed E-state index contributed by atoms with van der Waals surface area (Å²) in [6.07, 6.45) is 1.98. The number of ether oxygens (including phenoxy) is 1. The summed E-state index contributed by atoms with van der Waals surface area (Å²) in [6, 6.07) is 11.5. The molecule has 153 valence electrons. The van der Waals surface area contributed by atoms with Crippen molar-refractivity contribution in [3.63, 3.8) is 0 Å². The molecule has 2 aliphatic heterocycles. The standard InChI is InChI=1S/C22H20N3O5/c1-30-16-5-2-13(3-6-16)10-20(27)23-15-4-7-17-14(11-15)12-25(22(17)29)18-8-9-19(26)24-21(18)28/h2-7,10-11,18H,8-9,12H2,1H3,(H,23,27)(H,24,26,28). The molecule has 0 bridgehead atoms. The summed E-state index contributed by atoms with van der Waals surface area (Å²) < 4.78 is 5.10. The van der Waals surface area contributed by atoms with Gasteiger partial charge in [-0.1, -0.05) is 12.1 Å². The molecule has 2 N–H and O–H groups in total. The number of piperidine rings is 1. The molecule has 1 radical (unpaired) electrons. The zero-order valence-electron chi connectivity index (χ0n) is 16.3. The highest BCUT2D eigenvalue weighted by atomic mass is 16.5. The molecule has 1 atom stereocenters. The first-order valence-electron chi connectivity index (χ1n) is 9.52. The van der Waals surface area contributed by atoms with Crippen LogP contribution in [0.5, 0.6) is 5.75 Å². The Bertz CT molecular complexity index is 1030. The Hall–Kier alpha value is -3.68. The molecule has 2 aliphatic rings. The summed E-state index contributed by atoms with van der Waals surface area (Å²) in [5.74, 6) is -0.612. The lowest BCUT2D eigenvalue weighted by atomic mass is 10.0. The molecular formula is C22H20N3O5. The minimum absolute atomic E-state index is 0.207. The molecule has 2 heterocycles. The number of benzene rings is 2. The van der Waals surface area contributed by atoms with E-state index in [1.54, 1.807) is 49.6 Å². The fourth-order valence-corrected chi connectivity index (χ4v) is 3.68. The van der Waals surface area contributed by atoms with Crippen molar-refractivity contribution in [1.29, 1.82) is 0 Å². The van der Waals surface area contributed by atoms with Crippen molar-refractivity contribution >= 4 is 29.3 Å². The van der Waals surface area contributed by atoms with Crippen molar-refractivity contribution in [2.75, 3.05) is 12.4 Å². The predicted octanol–water partition coefficient (Wildman–Crippen LogP) is 1.65. The average molecular weight is 406 g/mol. The van der Waals surface area contributed by atoms with Crippen LogP contribution in [-0.2, 0) is 20.9 Å². The van der Waals surface area contributed by atoms with E-state index in [0.717, 1.165) is 11.1 Å². The van der Waals surface area contributed by atoms with E-state index in [1.807, 2.05) is 0 Å². The Balaban J connectivity index is 1.42. The first kappa shape index (κ1) is 19.6. The van der Waals surface area contributed by atoms with Crippen LogP contribution < -0.4 is 15.4 Å². The number of anilines is 1. The Morgan fingerprint density at radius 2 is 1.93 bits per heavy atom. The van der Waals surface area contributed by atoms with Crippen LogP contribution in [0.2, 0.25) is 0 Å². The van der Waals surface area contributed by atoms with E-state index < -0.39 is 11.9 Å². The number of imide groups is 1. The van der Waals surface area contributed by atoms with Gasteiger partial charge in [-0.15, -0.1) is 0 Å². The van der Waals surface area contributed by atoms with Gasteiger partial charge in [0.05, 0.1) is 13.5 Å². The number of amides is 4. The lowest BCUT2D eigenvalue weighted by Gasteiger charge is -2.29. The topological polar surface area (TPSA) is 105 Å². The lowest BCUT2D eigenvalue weighted by Crippen LogP contribution is -2.52. The molecular weight excluding hydrogens is 386 g/mol. The summed E-state index contributed by atoms with van der Waals surface area (Å²) in [4.78, 5) is 50.0. The number of fused-ring (bicyclic) bond motifs is 1. The van der Waals surface area contributed by atoms with Crippen molar-refractivity contribution < 1.29 is 23.9 Å². The molecule has 4 rings (SSSR count). The number of rotatable bonds is 5. The second-order valence-electron chi connectivity index (χ2n) is 7.18. The number of carbonyl (C=O) groups is 4. The van der Waals surface area contributed by atoms with Gasteiger partial charge in [0.1, 0.15) is 11.8 Å². The number of carbonyl (C=O) groups excluding carboxylic acids is 4. The molecule has 0 saturated carbocycles. The van der Waals surface area contributed by atoms with E-state index in [-0.39, 0.29) is 30.7 Å². The second kappa shape index (κ2) is 7.98. The summed E-state index contributed by atoms with van der Waals surface area (Å²) in [5, 5.41) is 5.07. The van der Waals surface area contributed by atoms with Crippen LogP contribution in [0.4, 0.5) is 5.69 Å². The molecule has 1 saturated heterocycles. The third-order valence-corrected chi connectivity index (χ3v) is 5.20. The maximum atomic E-state index is 12.7. The number of nitrogens with one attached hydrogen (secondary N) is 2. The van der Waals surface area contributed by atoms with Crippen LogP contribution in [0, 0.1) is 6.42 Å². The van der Waals surface area contributed by atoms with Crippen molar-refractivity contribution in [2.24, 2.45) is 0 Å². The van der Waals surface area contributed by atoms with Crippen molar-refractivity contribution in [3.8, 4) is 5.75 Å². The molecule has 1 fully saturated rings. The molecule has 0 spiro atoms. The summed E-state index contributed by atoms with van der Waals surface area (Å²) in [6.45, 7) is 0.256. The molecule has 4 amide bonds. The zero-order chi connectivity index (χ0) is 21.3. The van der Waals surface area contributed by atoms with Crippen molar-refractivity contribution in [1.82, 2.24) is 10.2 Å². The smallest absolute Gasteiger partial charge is 0.255 e. The van der Waals surface area contributed by atoms with Crippen LogP contribution in [0.15, 0.2) is 42.5 Å². The summed E-state index contributed by atoms with van der Waals surface area (Å²) in [7, 11) is 1.57. The van der Waals surface area contributed by atoms with Gasteiger partial charge in [-0.05, 0) is 47.9 Å². The van der Waals surface area contributed by atoms with Gasteiger partial charge in [0, 0.05) is 24.2 Å². The van der Waals surface area contributed by atoms with E-state index in [2.05, 4.69) is 10.6 Å². The molecule has 2 aromatic rings. The minimum Gasteiger partial charge on any atom is -0.497 e. The van der Waals surface area contributed by atoms with E-state index in [0.29, 0.717) is 23.4 Å².